The maximum Gasteiger partial charge on any atom is 0.307 e. The number of hydrogen-bond donors (Lipinski definition) is 2. The Morgan fingerprint density at radius 2 is 1.85 bits per heavy atom. The van der Waals surface area contributed by atoms with Gasteiger partial charge in [0.2, 0.25) is 5.91 Å². The van der Waals surface area contributed by atoms with Crippen molar-refractivity contribution in [3.05, 3.63) is 53.1 Å². The van der Waals surface area contributed by atoms with E-state index in [4.69, 9.17) is 0 Å². The number of amides is 1. The van der Waals surface area contributed by atoms with E-state index in [1.54, 1.807) is 12.3 Å². The molecule has 33 heavy (non-hydrogen) atoms. The predicted octanol–water partition coefficient (Wildman–Crippen LogP) is 5.02. The van der Waals surface area contributed by atoms with Crippen LogP contribution in [-0.2, 0) is 16.0 Å². The molecule has 1 aromatic heterocycles. The largest absolute Gasteiger partial charge is 0.481 e. The molecule has 0 spiro atoms. The van der Waals surface area contributed by atoms with Gasteiger partial charge >= 0.3 is 5.97 Å². The lowest BCUT2D eigenvalue weighted by Gasteiger charge is -2.31. The Morgan fingerprint density at radius 1 is 1.18 bits per heavy atom. The van der Waals surface area contributed by atoms with Crippen LogP contribution >= 0.6 is 0 Å². The first-order chi connectivity index (χ1) is 15.5. The van der Waals surface area contributed by atoms with Crippen molar-refractivity contribution in [2.24, 2.45) is 17.8 Å². The number of carbonyl (C=O) groups excluding carboxylic acids is 1. The number of rotatable bonds is 10. The molecule has 0 bridgehead atoms. The number of carbonyl (C=O) groups is 2. The maximum atomic E-state index is 15.2. The fourth-order valence-electron chi connectivity index (χ4n) is 4.17. The molecule has 0 radical (unpaired) electrons. The average molecular weight is 456 g/mol. The van der Waals surface area contributed by atoms with Crippen LogP contribution in [0.4, 0.5) is 15.8 Å². The Bertz CT molecular complexity index is 995. The minimum Gasteiger partial charge on any atom is -0.481 e. The summed E-state index contributed by atoms with van der Waals surface area (Å²) < 4.78 is 15.2. The normalized spacial score (nSPS) is 17.3. The van der Waals surface area contributed by atoms with Crippen molar-refractivity contribution in [3.8, 4) is 0 Å². The number of carboxylic acid groups (broad SMARTS) is 1. The summed E-state index contributed by atoms with van der Waals surface area (Å²) in [6.45, 7) is 11.7. The molecule has 1 amide bonds. The van der Waals surface area contributed by atoms with Crippen LogP contribution in [0, 0.1) is 30.5 Å². The summed E-state index contributed by atoms with van der Waals surface area (Å²) in [5, 5.41) is 12.3. The van der Waals surface area contributed by atoms with Crippen molar-refractivity contribution in [1.82, 2.24) is 4.98 Å². The van der Waals surface area contributed by atoms with Gasteiger partial charge in [-0.25, -0.2) is 4.39 Å². The van der Waals surface area contributed by atoms with Gasteiger partial charge in [0.05, 0.1) is 23.7 Å². The van der Waals surface area contributed by atoms with Crippen LogP contribution in [0.15, 0.2) is 30.5 Å². The standard InChI is InChI=1S/C26H34FN3O3/c1-15(2)13-30(14-16(3)4)24-11-22(27)20(19-9-21(19)26(32)33)10-23(24)29-25(31)8-18-7-6-17(5)28-12-18/h6-7,10-12,15-16,19,21H,8-9,13-14H2,1-5H3,(H,29,31)(H,32,33)/t19-,21-/m0/s1. The molecule has 2 atom stereocenters. The van der Waals surface area contributed by atoms with Crippen LogP contribution in [0.3, 0.4) is 0 Å². The van der Waals surface area contributed by atoms with Gasteiger partial charge in [-0.15, -0.1) is 0 Å². The molecule has 2 N–H and O–H groups in total. The van der Waals surface area contributed by atoms with Crippen molar-refractivity contribution in [1.29, 1.82) is 0 Å². The van der Waals surface area contributed by atoms with Gasteiger partial charge in [-0.05, 0) is 54.5 Å². The number of nitrogens with one attached hydrogen (secondary N) is 1. The Kier molecular flexibility index (Phi) is 7.72. The van der Waals surface area contributed by atoms with Crippen molar-refractivity contribution in [2.75, 3.05) is 23.3 Å². The van der Waals surface area contributed by atoms with Gasteiger partial charge in [0.25, 0.3) is 0 Å². The van der Waals surface area contributed by atoms with E-state index in [2.05, 4.69) is 42.9 Å². The molecule has 2 aromatic rings. The van der Waals surface area contributed by atoms with Gasteiger partial charge in [-0.1, -0.05) is 33.8 Å². The van der Waals surface area contributed by atoms with E-state index < -0.39 is 17.7 Å². The summed E-state index contributed by atoms with van der Waals surface area (Å²) in [4.78, 5) is 30.6. The van der Waals surface area contributed by atoms with E-state index in [-0.39, 0.29) is 18.2 Å². The van der Waals surface area contributed by atoms with Crippen LogP contribution in [0.1, 0.15) is 56.9 Å². The zero-order valence-corrected chi connectivity index (χ0v) is 20.1. The Hall–Kier alpha value is -2.96. The van der Waals surface area contributed by atoms with Gasteiger partial charge in [0.1, 0.15) is 5.82 Å². The third kappa shape index (κ3) is 6.53. The molecule has 3 rings (SSSR count). The first kappa shape index (κ1) is 24.7. The SMILES string of the molecule is Cc1ccc(CC(=O)Nc2cc([C@@H]3C[C@@H]3C(=O)O)c(F)cc2N(CC(C)C)CC(C)C)cn1. The van der Waals surface area contributed by atoms with E-state index in [1.165, 1.54) is 6.07 Å². The Morgan fingerprint density at radius 3 is 2.36 bits per heavy atom. The second kappa shape index (κ2) is 10.3. The molecule has 1 aliphatic carbocycles. The number of aromatic nitrogens is 1. The van der Waals surface area contributed by atoms with E-state index in [0.717, 1.165) is 11.3 Å². The molecule has 1 fully saturated rings. The molecular formula is C26H34FN3O3. The highest BCUT2D eigenvalue weighted by Crippen LogP contribution is 2.50. The molecule has 0 saturated heterocycles. The minimum absolute atomic E-state index is 0.148. The summed E-state index contributed by atoms with van der Waals surface area (Å²) in [5.74, 6) is -1.81. The van der Waals surface area contributed by atoms with Gasteiger partial charge < -0.3 is 15.3 Å². The van der Waals surface area contributed by atoms with Gasteiger partial charge in [0, 0.05) is 30.9 Å². The molecule has 178 valence electrons. The molecule has 1 aromatic carbocycles. The molecular weight excluding hydrogens is 421 g/mol. The fourth-order valence-corrected chi connectivity index (χ4v) is 4.17. The minimum atomic E-state index is -0.915. The monoisotopic (exact) mass is 455 g/mol. The predicted molar refractivity (Wildman–Crippen MR) is 128 cm³/mol. The topological polar surface area (TPSA) is 82.5 Å². The van der Waals surface area contributed by atoms with Crippen molar-refractivity contribution in [2.45, 2.75) is 53.4 Å². The van der Waals surface area contributed by atoms with Gasteiger partial charge in [-0.3, -0.25) is 14.6 Å². The number of carboxylic acids is 1. The molecule has 1 aliphatic rings. The van der Waals surface area contributed by atoms with Crippen molar-refractivity contribution < 1.29 is 19.1 Å². The maximum absolute atomic E-state index is 15.2. The van der Waals surface area contributed by atoms with Gasteiger partial charge in [0.15, 0.2) is 0 Å². The van der Waals surface area contributed by atoms with Crippen molar-refractivity contribution in [3.63, 3.8) is 0 Å². The number of aliphatic carboxylic acids is 1. The number of pyridine rings is 1. The molecule has 6 nitrogen and oxygen atoms in total. The highest BCUT2D eigenvalue weighted by molar-refractivity contribution is 5.96. The summed E-state index contributed by atoms with van der Waals surface area (Å²) in [6, 6.07) is 6.82. The highest BCUT2D eigenvalue weighted by Gasteiger charge is 2.45. The average Bonchev–Trinajstić information content (AvgIpc) is 3.50. The Balaban J connectivity index is 1.94. The molecule has 1 saturated carbocycles. The lowest BCUT2D eigenvalue weighted by molar-refractivity contribution is -0.138. The first-order valence-electron chi connectivity index (χ1n) is 11.6. The summed E-state index contributed by atoms with van der Waals surface area (Å²) in [6.07, 6.45) is 2.24. The fraction of sp³-hybridized carbons (Fsp3) is 0.500. The smallest absolute Gasteiger partial charge is 0.307 e. The number of anilines is 2. The quantitative estimate of drug-likeness (QED) is 0.526. The van der Waals surface area contributed by atoms with Gasteiger partial charge in [-0.2, -0.15) is 0 Å². The molecule has 0 aliphatic heterocycles. The molecule has 1 heterocycles. The Labute approximate surface area is 195 Å². The third-order valence-corrected chi connectivity index (χ3v) is 5.75. The molecule has 7 heteroatoms. The summed E-state index contributed by atoms with van der Waals surface area (Å²) in [7, 11) is 0. The summed E-state index contributed by atoms with van der Waals surface area (Å²) >= 11 is 0. The number of benzene rings is 1. The number of aryl methyl sites for hydroxylation is 1. The second-order valence-corrected chi connectivity index (χ2v) is 9.90. The summed E-state index contributed by atoms with van der Waals surface area (Å²) in [5.41, 5.74) is 3.17. The van der Waals surface area contributed by atoms with Crippen LogP contribution in [-0.4, -0.2) is 35.1 Å². The number of halogens is 1. The zero-order chi connectivity index (χ0) is 24.3. The number of hydrogen-bond acceptors (Lipinski definition) is 4. The number of nitrogens with zero attached hydrogens (tertiary/aromatic N) is 2. The van der Waals surface area contributed by atoms with E-state index in [1.807, 2.05) is 19.1 Å². The lowest BCUT2D eigenvalue weighted by Crippen LogP contribution is -2.32. The van der Waals surface area contributed by atoms with Crippen LogP contribution in [0.5, 0.6) is 0 Å². The highest BCUT2D eigenvalue weighted by atomic mass is 19.1. The third-order valence-electron chi connectivity index (χ3n) is 5.75. The zero-order valence-electron chi connectivity index (χ0n) is 20.1. The lowest BCUT2D eigenvalue weighted by atomic mass is 10.0. The second-order valence-electron chi connectivity index (χ2n) is 9.90. The van der Waals surface area contributed by atoms with E-state index in [9.17, 15) is 14.7 Å². The van der Waals surface area contributed by atoms with Crippen molar-refractivity contribution >= 4 is 23.3 Å². The van der Waals surface area contributed by atoms with Crippen LogP contribution in [0.25, 0.3) is 0 Å². The van der Waals surface area contributed by atoms with E-state index in [0.29, 0.717) is 48.3 Å². The molecule has 0 unspecified atom stereocenters. The first-order valence-corrected chi connectivity index (χ1v) is 11.6. The van der Waals surface area contributed by atoms with E-state index >= 15 is 4.39 Å². The van der Waals surface area contributed by atoms with Crippen LogP contribution in [0.2, 0.25) is 0 Å². The van der Waals surface area contributed by atoms with Crippen LogP contribution < -0.4 is 10.2 Å².